The molecule has 1 heterocycles. The van der Waals surface area contributed by atoms with Crippen LogP contribution in [0.5, 0.6) is 0 Å². The van der Waals surface area contributed by atoms with Crippen molar-refractivity contribution < 1.29 is 4.79 Å². The second kappa shape index (κ2) is 4.09. The standard InChI is InChI=1S/C8H5NOS.Pb.2H/c10-5-7-6-3-1-2-4-8(6)11-9-7;;;/h1-5H;;;. The molecule has 0 N–H and O–H groups in total. The monoisotopic (exact) mass is 373 g/mol. The maximum atomic E-state index is 10.4. The van der Waals surface area contributed by atoms with Crippen LogP contribution in [0.4, 0.5) is 0 Å². The van der Waals surface area contributed by atoms with Gasteiger partial charge in [0.25, 0.3) is 0 Å². The van der Waals surface area contributed by atoms with Crippen LogP contribution in [0, 0.1) is 0 Å². The van der Waals surface area contributed by atoms with E-state index in [2.05, 4.69) is 4.37 Å². The third-order valence-corrected chi connectivity index (χ3v) is 2.36. The molecule has 0 atom stereocenters. The van der Waals surface area contributed by atoms with Crippen LogP contribution in [0.2, 0.25) is 0 Å². The minimum absolute atomic E-state index is 0. The van der Waals surface area contributed by atoms with Gasteiger partial charge in [-0.25, -0.2) is 0 Å². The van der Waals surface area contributed by atoms with Crippen molar-refractivity contribution in [3.8, 4) is 0 Å². The van der Waals surface area contributed by atoms with E-state index in [9.17, 15) is 4.79 Å². The van der Waals surface area contributed by atoms with Gasteiger partial charge in [0, 0.05) is 5.39 Å². The molecule has 0 unspecified atom stereocenters. The Bertz CT molecular complexity index is 399. The Morgan fingerprint density at radius 1 is 1.33 bits per heavy atom. The SMILES string of the molecule is O=Cc1nsc2ccccc12.[PbH2]. The summed E-state index contributed by atoms with van der Waals surface area (Å²) in [6.07, 6.45) is 0.791. The molecular weight excluding hydrogens is 365 g/mol. The fourth-order valence-electron chi connectivity index (χ4n) is 0.990. The van der Waals surface area contributed by atoms with E-state index < -0.39 is 0 Å². The fraction of sp³-hybridized carbons (Fsp3) is 0. The Morgan fingerprint density at radius 3 is 2.83 bits per heavy atom. The number of hydrogen-bond donors (Lipinski definition) is 0. The molecule has 0 fully saturated rings. The Hall–Kier alpha value is -0.298. The summed E-state index contributed by atoms with van der Waals surface area (Å²) in [4.78, 5) is 10.4. The van der Waals surface area contributed by atoms with Crippen molar-refractivity contribution in [2.24, 2.45) is 0 Å². The number of carbonyl (C=O) groups excluding carboxylic acids is 1. The predicted molar refractivity (Wildman–Crippen MR) is 53.6 cm³/mol. The van der Waals surface area contributed by atoms with Crippen LogP contribution in [0.3, 0.4) is 0 Å². The van der Waals surface area contributed by atoms with Crippen molar-refractivity contribution in [1.82, 2.24) is 4.37 Å². The van der Waals surface area contributed by atoms with Gasteiger partial charge in [-0.05, 0) is 17.6 Å². The molecule has 0 aliphatic carbocycles. The van der Waals surface area contributed by atoms with Crippen molar-refractivity contribution >= 4 is 55.2 Å². The zero-order valence-corrected chi connectivity index (χ0v) is 12.7. The van der Waals surface area contributed by atoms with Gasteiger partial charge in [-0.1, -0.05) is 18.2 Å². The summed E-state index contributed by atoms with van der Waals surface area (Å²) < 4.78 is 5.05. The molecule has 2 rings (SSSR count). The number of nitrogens with zero attached hydrogens (tertiary/aromatic N) is 1. The zero-order valence-electron chi connectivity index (χ0n) is 6.36. The first kappa shape index (κ1) is 9.79. The van der Waals surface area contributed by atoms with Gasteiger partial charge in [-0.2, -0.15) is 4.37 Å². The van der Waals surface area contributed by atoms with E-state index in [1.54, 1.807) is 0 Å². The van der Waals surface area contributed by atoms with Crippen molar-refractivity contribution in [1.29, 1.82) is 0 Å². The molecule has 0 amide bonds. The van der Waals surface area contributed by atoms with E-state index in [0.717, 1.165) is 16.4 Å². The number of aromatic nitrogens is 1. The summed E-state index contributed by atoms with van der Waals surface area (Å²) >= 11 is 1.36. The Kier molecular flexibility index (Phi) is 3.33. The van der Waals surface area contributed by atoms with Gasteiger partial charge >= 0.3 is 27.3 Å². The van der Waals surface area contributed by atoms with Gasteiger partial charge in [-0.3, -0.25) is 4.79 Å². The van der Waals surface area contributed by atoms with Crippen molar-refractivity contribution in [3.05, 3.63) is 30.0 Å². The number of rotatable bonds is 1. The van der Waals surface area contributed by atoms with E-state index in [-0.39, 0.29) is 27.3 Å². The Labute approximate surface area is 93.9 Å². The topological polar surface area (TPSA) is 30.0 Å². The first-order chi connectivity index (χ1) is 5.42. The Balaban J connectivity index is 0.000000720. The number of hydrogen-bond acceptors (Lipinski definition) is 3. The second-order valence-electron chi connectivity index (χ2n) is 2.18. The van der Waals surface area contributed by atoms with E-state index in [4.69, 9.17) is 0 Å². The van der Waals surface area contributed by atoms with Crippen LogP contribution in [-0.4, -0.2) is 38.0 Å². The molecule has 2 radical (unpaired) electrons. The van der Waals surface area contributed by atoms with E-state index >= 15 is 0 Å². The van der Waals surface area contributed by atoms with Crippen molar-refractivity contribution in [2.75, 3.05) is 0 Å². The van der Waals surface area contributed by atoms with Crippen LogP contribution < -0.4 is 0 Å². The van der Waals surface area contributed by atoms with Crippen LogP contribution in [0.1, 0.15) is 10.5 Å². The summed E-state index contributed by atoms with van der Waals surface area (Å²) in [5.41, 5.74) is 0.547. The molecular formula is C8H7NOPbS. The molecule has 0 saturated carbocycles. The molecule has 12 heavy (non-hydrogen) atoms. The van der Waals surface area contributed by atoms with Crippen LogP contribution >= 0.6 is 11.5 Å². The number of carbonyl (C=O) groups is 1. The van der Waals surface area contributed by atoms with Gasteiger partial charge < -0.3 is 0 Å². The number of fused-ring (bicyclic) bond motifs is 1. The molecule has 0 aliphatic heterocycles. The van der Waals surface area contributed by atoms with E-state index in [1.807, 2.05) is 24.3 Å². The molecule has 60 valence electrons. The second-order valence-corrected chi connectivity index (χ2v) is 2.99. The molecule has 1 aromatic heterocycles. The summed E-state index contributed by atoms with van der Waals surface area (Å²) in [5.74, 6) is 0. The quantitative estimate of drug-likeness (QED) is 0.556. The molecule has 0 aliphatic rings. The molecule has 2 aromatic rings. The van der Waals surface area contributed by atoms with Gasteiger partial charge in [0.1, 0.15) is 5.69 Å². The van der Waals surface area contributed by atoms with Gasteiger partial charge in [0.15, 0.2) is 6.29 Å². The zero-order chi connectivity index (χ0) is 7.68. The summed E-state index contributed by atoms with van der Waals surface area (Å²) in [7, 11) is 0. The fourth-order valence-corrected chi connectivity index (χ4v) is 1.74. The normalized spacial score (nSPS) is 9.33. The van der Waals surface area contributed by atoms with Gasteiger partial charge in [0.05, 0.1) is 4.70 Å². The van der Waals surface area contributed by atoms with E-state index in [1.165, 1.54) is 11.5 Å². The molecule has 1 aromatic carbocycles. The van der Waals surface area contributed by atoms with Crippen LogP contribution in [0.25, 0.3) is 10.1 Å². The predicted octanol–water partition coefficient (Wildman–Crippen LogP) is 1.19. The first-order valence-electron chi connectivity index (χ1n) is 3.21. The third kappa shape index (κ3) is 1.56. The number of aldehydes is 1. The summed E-state index contributed by atoms with van der Waals surface area (Å²) in [6.45, 7) is 0. The molecule has 0 saturated heterocycles. The summed E-state index contributed by atoms with van der Waals surface area (Å²) in [6, 6.07) is 7.71. The number of benzene rings is 1. The average molecular weight is 372 g/mol. The molecule has 0 spiro atoms. The first-order valence-corrected chi connectivity index (χ1v) is 3.99. The third-order valence-electron chi connectivity index (χ3n) is 1.52. The van der Waals surface area contributed by atoms with Gasteiger partial charge in [-0.15, -0.1) is 0 Å². The van der Waals surface area contributed by atoms with Crippen molar-refractivity contribution in [3.63, 3.8) is 0 Å². The molecule has 4 heteroatoms. The van der Waals surface area contributed by atoms with Crippen LogP contribution in [-0.2, 0) is 0 Å². The van der Waals surface area contributed by atoms with Crippen molar-refractivity contribution in [2.45, 2.75) is 0 Å². The average Bonchev–Trinajstić information content (AvgIpc) is 2.47. The van der Waals surface area contributed by atoms with Gasteiger partial charge in [0.2, 0.25) is 0 Å². The van der Waals surface area contributed by atoms with E-state index in [0.29, 0.717) is 5.69 Å². The van der Waals surface area contributed by atoms with Crippen LogP contribution in [0.15, 0.2) is 24.3 Å². The molecule has 0 bridgehead atoms. The Morgan fingerprint density at radius 2 is 2.08 bits per heavy atom. The summed E-state index contributed by atoms with van der Waals surface area (Å²) in [5, 5.41) is 0.951. The maximum absolute atomic E-state index is 10.4. The minimum atomic E-state index is 0. The molecule has 2 nitrogen and oxygen atoms in total.